The number of carbonyl (C=O) groups is 1. The third-order valence-electron chi connectivity index (χ3n) is 2.74. The maximum atomic E-state index is 9.15. The van der Waals surface area contributed by atoms with E-state index in [0.29, 0.717) is 0 Å². The molecule has 1 N–H and O–H groups in total. The van der Waals surface area contributed by atoms with Crippen molar-refractivity contribution in [3.05, 3.63) is 0 Å². The zero-order valence-electron chi connectivity index (χ0n) is 8.03. The van der Waals surface area contributed by atoms with Gasteiger partial charge in [-0.1, -0.05) is 0 Å². The fourth-order valence-electron chi connectivity index (χ4n) is 1.86. The van der Waals surface area contributed by atoms with Crippen LogP contribution in [0.4, 0.5) is 4.79 Å². The van der Waals surface area contributed by atoms with Crippen LogP contribution in [0.1, 0.15) is 19.3 Å². The summed E-state index contributed by atoms with van der Waals surface area (Å²) in [5.41, 5.74) is 0. The van der Waals surface area contributed by atoms with Crippen LogP contribution >= 0.6 is 0 Å². The van der Waals surface area contributed by atoms with Gasteiger partial charge >= 0.3 is 6.16 Å². The Morgan fingerprint density at radius 2 is 1.69 bits per heavy atom. The van der Waals surface area contributed by atoms with Gasteiger partial charge in [0.25, 0.3) is 0 Å². The summed E-state index contributed by atoms with van der Waals surface area (Å²) in [6, 6.07) is 0. The highest BCUT2D eigenvalue weighted by Crippen LogP contribution is 2.26. The number of hydrogen-bond donors (Lipinski definition) is 1. The van der Waals surface area contributed by atoms with Crippen molar-refractivity contribution < 1.29 is 14.6 Å². The molecule has 13 heavy (non-hydrogen) atoms. The molecule has 0 amide bonds. The van der Waals surface area contributed by atoms with E-state index in [0.717, 1.165) is 13.0 Å². The first-order valence-corrected chi connectivity index (χ1v) is 4.71. The van der Waals surface area contributed by atoms with Crippen LogP contribution in [0.15, 0.2) is 0 Å². The van der Waals surface area contributed by atoms with Gasteiger partial charge in [-0.05, 0) is 44.8 Å². The van der Waals surface area contributed by atoms with Crippen LogP contribution < -0.4 is 0 Å². The second-order valence-corrected chi connectivity index (χ2v) is 3.54. The lowest BCUT2D eigenvalue weighted by Crippen LogP contribution is -2.41. The smallest absolute Gasteiger partial charge is 0.450 e. The maximum Gasteiger partial charge on any atom is 0.505 e. The number of piperidine rings is 3. The first-order chi connectivity index (χ1) is 6.22. The Kier molecular flexibility index (Phi) is 4.02. The molecule has 2 bridgehead atoms. The molecule has 4 heteroatoms. The summed E-state index contributed by atoms with van der Waals surface area (Å²) in [6.45, 7) is 4.18. The standard InChI is InChI=1S/C7H13N.C2H4O3/c1-4-8-5-2-7(1)3-6-8;1-5-2(3)4/h7H,1-6H2;1H3,(H,3,4). The first kappa shape index (κ1) is 10.3. The van der Waals surface area contributed by atoms with Crippen LogP contribution in [0.25, 0.3) is 0 Å². The SMILES string of the molecule is C1CN2CCC1CC2.COC(=O)O. The van der Waals surface area contributed by atoms with Gasteiger partial charge in [0.2, 0.25) is 0 Å². The summed E-state index contributed by atoms with van der Waals surface area (Å²) < 4.78 is 3.67. The summed E-state index contributed by atoms with van der Waals surface area (Å²) in [4.78, 5) is 11.7. The van der Waals surface area contributed by atoms with Crippen LogP contribution in [0.3, 0.4) is 0 Å². The molecule has 4 nitrogen and oxygen atoms in total. The topological polar surface area (TPSA) is 49.8 Å². The monoisotopic (exact) mass is 187 g/mol. The molecular formula is C9H17NO3. The summed E-state index contributed by atoms with van der Waals surface area (Å²) in [5.74, 6) is 1.11. The molecule has 0 aromatic carbocycles. The van der Waals surface area contributed by atoms with Crippen LogP contribution in [0.5, 0.6) is 0 Å². The van der Waals surface area contributed by atoms with Gasteiger partial charge < -0.3 is 14.7 Å². The normalized spacial score (nSPS) is 30.2. The van der Waals surface area contributed by atoms with Gasteiger partial charge in [-0.25, -0.2) is 4.79 Å². The lowest BCUT2D eigenvalue weighted by atomic mass is 9.89. The molecule has 0 radical (unpaired) electrons. The fourth-order valence-corrected chi connectivity index (χ4v) is 1.86. The van der Waals surface area contributed by atoms with Crippen molar-refractivity contribution in [1.29, 1.82) is 0 Å². The van der Waals surface area contributed by atoms with Crippen LogP contribution in [-0.4, -0.2) is 42.9 Å². The van der Waals surface area contributed by atoms with Gasteiger partial charge in [0.05, 0.1) is 7.11 Å². The van der Waals surface area contributed by atoms with E-state index in [1.165, 1.54) is 38.9 Å². The molecule has 0 aromatic rings. The molecule has 3 aliphatic rings. The van der Waals surface area contributed by atoms with Crippen molar-refractivity contribution >= 4 is 6.16 Å². The molecule has 0 aromatic heterocycles. The van der Waals surface area contributed by atoms with E-state index in [4.69, 9.17) is 9.90 Å². The third kappa shape index (κ3) is 3.63. The number of rotatable bonds is 0. The Balaban J connectivity index is 0.000000149. The van der Waals surface area contributed by atoms with Gasteiger partial charge in [0, 0.05) is 0 Å². The average Bonchev–Trinajstić information content (AvgIpc) is 2.21. The predicted molar refractivity (Wildman–Crippen MR) is 48.8 cm³/mol. The predicted octanol–water partition coefficient (Wildman–Crippen LogP) is 1.41. The summed E-state index contributed by atoms with van der Waals surface area (Å²) >= 11 is 0. The van der Waals surface area contributed by atoms with E-state index in [9.17, 15) is 0 Å². The molecule has 3 aliphatic heterocycles. The Hall–Kier alpha value is -0.770. The van der Waals surface area contributed by atoms with E-state index < -0.39 is 6.16 Å². The Morgan fingerprint density at radius 3 is 1.77 bits per heavy atom. The van der Waals surface area contributed by atoms with Crippen molar-refractivity contribution in [2.45, 2.75) is 19.3 Å². The summed E-state index contributed by atoms with van der Waals surface area (Å²) in [6.07, 6.45) is 3.21. The van der Waals surface area contributed by atoms with E-state index in [2.05, 4.69) is 9.64 Å². The molecule has 0 atom stereocenters. The molecule has 3 fully saturated rings. The highest BCUT2D eigenvalue weighted by Gasteiger charge is 2.24. The third-order valence-corrected chi connectivity index (χ3v) is 2.74. The van der Waals surface area contributed by atoms with Crippen molar-refractivity contribution in [3.8, 4) is 0 Å². The zero-order valence-corrected chi connectivity index (χ0v) is 8.03. The van der Waals surface area contributed by atoms with E-state index in [1.807, 2.05) is 0 Å². The molecule has 3 heterocycles. The Morgan fingerprint density at radius 1 is 1.31 bits per heavy atom. The highest BCUT2D eigenvalue weighted by atomic mass is 16.6. The lowest BCUT2D eigenvalue weighted by molar-refractivity contribution is 0.111. The zero-order chi connectivity index (χ0) is 9.68. The van der Waals surface area contributed by atoms with Gasteiger partial charge in [-0.3, -0.25) is 0 Å². The Labute approximate surface area is 78.5 Å². The fraction of sp³-hybridized carbons (Fsp3) is 0.889. The summed E-state index contributed by atoms with van der Waals surface area (Å²) in [7, 11) is 1.10. The minimum atomic E-state index is -1.25. The minimum Gasteiger partial charge on any atom is -0.450 e. The lowest BCUT2D eigenvalue weighted by Gasteiger charge is -2.38. The van der Waals surface area contributed by atoms with Crippen LogP contribution in [-0.2, 0) is 4.74 Å². The molecule has 0 aliphatic carbocycles. The van der Waals surface area contributed by atoms with E-state index in [-0.39, 0.29) is 0 Å². The van der Waals surface area contributed by atoms with E-state index in [1.54, 1.807) is 0 Å². The largest absolute Gasteiger partial charge is 0.505 e. The number of fused-ring (bicyclic) bond motifs is 3. The molecule has 0 saturated carbocycles. The minimum absolute atomic E-state index is 1.10. The van der Waals surface area contributed by atoms with Crippen molar-refractivity contribution in [2.24, 2.45) is 5.92 Å². The number of carboxylic acid groups (broad SMARTS) is 1. The first-order valence-electron chi connectivity index (χ1n) is 4.71. The van der Waals surface area contributed by atoms with E-state index >= 15 is 0 Å². The Bertz CT molecular complexity index is 141. The van der Waals surface area contributed by atoms with Gasteiger partial charge in [0.1, 0.15) is 0 Å². The molecule has 3 saturated heterocycles. The van der Waals surface area contributed by atoms with Crippen LogP contribution in [0, 0.1) is 5.92 Å². The quantitative estimate of drug-likeness (QED) is 0.582. The number of nitrogens with zero attached hydrogens (tertiary/aromatic N) is 1. The van der Waals surface area contributed by atoms with Crippen molar-refractivity contribution in [2.75, 3.05) is 26.7 Å². The van der Waals surface area contributed by atoms with Gasteiger partial charge in [0.15, 0.2) is 0 Å². The molecule has 76 valence electrons. The maximum absolute atomic E-state index is 9.15. The summed E-state index contributed by atoms with van der Waals surface area (Å²) in [5, 5.41) is 7.50. The molecule has 3 rings (SSSR count). The van der Waals surface area contributed by atoms with Crippen molar-refractivity contribution in [3.63, 3.8) is 0 Å². The second-order valence-electron chi connectivity index (χ2n) is 3.54. The number of hydrogen-bond acceptors (Lipinski definition) is 3. The highest BCUT2D eigenvalue weighted by molar-refractivity contribution is 5.56. The van der Waals surface area contributed by atoms with Crippen molar-refractivity contribution in [1.82, 2.24) is 4.90 Å². The van der Waals surface area contributed by atoms with Crippen LogP contribution in [0.2, 0.25) is 0 Å². The van der Waals surface area contributed by atoms with Gasteiger partial charge in [-0.15, -0.1) is 0 Å². The number of methoxy groups -OCH3 is 1. The van der Waals surface area contributed by atoms with Gasteiger partial charge in [-0.2, -0.15) is 0 Å². The molecule has 0 unspecified atom stereocenters. The number of ether oxygens (including phenoxy) is 1. The average molecular weight is 187 g/mol. The molecule has 0 spiro atoms. The molecular weight excluding hydrogens is 170 g/mol. The second kappa shape index (κ2) is 5.07.